The van der Waals surface area contributed by atoms with E-state index in [2.05, 4.69) is 15.9 Å². The van der Waals surface area contributed by atoms with Crippen molar-refractivity contribution < 1.29 is 9.90 Å². The van der Waals surface area contributed by atoms with Gasteiger partial charge < -0.3 is 9.67 Å². The standard InChI is InChI=1S/C8H10BrNO2/c1-3-5-6(9)4-10(2)7(5)8(11)12/h4H,3H2,1-2H3,(H,11,12). The predicted molar refractivity (Wildman–Crippen MR) is 49.5 cm³/mol. The molecule has 0 unspecified atom stereocenters. The molecule has 0 bridgehead atoms. The van der Waals surface area contributed by atoms with Gasteiger partial charge in [-0.2, -0.15) is 0 Å². The quantitative estimate of drug-likeness (QED) is 0.847. The summed E-state index contributed by atoms with van der Waals surface area (Å²) >= 11 is 3.31. The summed E-state index contributed by atoms with van der Waals surface area (Å²) in [6.07, 6.45) is 2.49. The molecule has 1 rings (SSSR count). The maximum absolute atomic E-state index is 10.8. The molecule has 0 aliphatic carbocycles. The Hall–Kier alpha value is -0.770. The fraction of sp³-hybridized carbons (Fsp3) is 0.375. The molecule has 1 aromatic rings. The van der Waals surface area contributed by atoms with Crippen molar-refractivity contribution >= 4 is 21.9 Å². The molecular formula is C8H10BrNO2. The highest BCUT2D eigenvalue weighted by atomic mass is 79.9. The van der Waals surface area contributed by atoms with Crippen LogP contribution >= 0.6 is 15.9 Å². The third-order valence-electron chi connectivity index (χ3n) is 1.79. The van der Waals surface area contributed by atoms with E-state index >= 15 is 0 Å². The van der Waals surface area contributed by atoms with Gasteiger partial charge in [0.1, 0.15) is 5.69 Å². The first-order valence-corrected chi connectivity index (χ1v) is 4.44. The predicted octanol–water partition coefficient (Wildman–Crippen LogP) is 2.05. The van der Waals surface area contributed by atoms with Gasteiger partial charge in [0.2, 0.25) is 0 Å². The zero-order valence-electron chi connectivity index (χ0n) is 6.97. The summed E-state index contributed by atoms with van der Waals surface area (Å²) in [7, 11) is 1.73. The molecule has 1 aromatic heterocycles. The van der Waals surface area contributed by atoms with Gasteiger partial charge >= 0.3 is 5.97 Å². The van der Waals surface area contributed by atoms with Crippen LogP contribution in [0.4, 0.5) is 0 Å². The van der Waals surface area contributed by atoms with E-state index in [1.54, 1.807) is 17.8 Å². The molecule has 3 nitrogen and oxygen atoms in total. The molecule has 0 spiro atoms. The summed E-state index contributed by atoms with van der Waals surface area (Å²) in [5.41, 5.74) is 1.22. The van der Waals surface area contributed by atoms with Crippen molar-refractivity contribution in [2.75, 3.05) is 0 Å². The number of hydrogen-bond donors (Lipinski definition) is 1. The molecule has 0 saturated heterocycles. The van der Waals surface area contributed by atoms with Crippen molar-refractivity contribution in [2.24, 2.45) is 7.05 Å². The van der Waals surface area contributed by atoms with Crippen LogP contribution < -0.4 is 0 Å². The highest BCUT2D eigenvalue weighted by Gasteiger charge is 2.16. The van der Waals surface area contributed by atoms with Crippen molar-refractivity contribution in [3.05, 3.63) is 21.9 Å². The minimum absolute atomic E-state index is 0.365. The number of hydrogen-bond acceptors (Lipinski definition) is 1. The molecule has 4 heteroatoms. The van der Waals surface area contributed by atoms with Crippen molar-refractivity contribution in [3.63, 3.8) is 0 Å². The third kappa shape index (κ3) is 1.39. The molecule has 1 N–H and O–H groups in total. The highest BCUT2D eigenvalue weighted by Crippen LogP contribution is 2.22. The van der Waals surface area contributed by atoms with Gasteiger partial charge in [-0.1, -0.05) is 6.92 Å². The molecule has 0 aliphatic heterocycles. The number of aromatic carboxylic acids is 1. The van der Waals surface area contributed by atoms with Crippen LogP contribution in [0, 0.1) is 0 Å². The fourth-order valence-electron chi connectivity index (χ4n) is 1.25. The Kier molecular flexibility index (Phi) is 2.57. The van der Waals surface area contributed by atoms with Crippen LogP contribution in [0.2, 0.25) is 0 Å². The lowest BCUT2D eigenvalue weighted by molar-refractivity contribution is 0.0685. The van der Waals surface area contributed by atoms with Crippen molar-refractivity contribution in [1.82, 2.24) is 4.57 Å². The number of carboxylic acid groups (broad SMARTS) is 1. The van der Waals surface area contributed by atoms with Crippen molar-refractivity contribution in [2.45, 2.75) is 13.3 Å². The summed E-state index contributed by atoms with van der Waals surface area (Å²) in [6, 6.07) is 0. The molecule has 12 heavy (non-hydrogen) atoms. The molecule has 0 aromatic carbocycles. The van der Waals surface area contributed by atoms with Gasteiger partial charge in [0.15, 0.2) is 0 Å². The number of aryl methyl sites for hydroxylation is 1. The monoisotopic (exact) mass is 231 g/mol. The lowest BCUT2D eigenvalue weighted by Gasteiger charge is -1.99. The van der Waals surface area contributed by atoms with E-state index in [1.807, 2.05) is 6.92 Å². The zero-order valence-corrected chi connectivity index (χ0v) is 8.55. The lowest BCUT2D eigenvalue weighted by Crippen LogP contribution is -2.06. The number of carbonyl (C=O) groups is 1. The number of nitrogens with zero attached hydrogens (tertiary/aromatic N) is 1. The summed E-state index contributed by atoms with van der Waals surface area (Å²) in [6.45, 7) is 1.94. The molecule has 0 atom stereocenters. The Balaban J connectivity index is 3.32. The fourth-order valence-corrected chi connectivity index (χ4v) is 2.03. The zero-order chi connectivity index (χ0) is 9.30. The van der Waals surface area contributed by atoms with Crippen molar-refractivity contribution in [1.29, 1.82) is 0 Å². The Morgan fingerprint density at radius 1 is 1.75 bits per heavy atom. The maximum atomic E-state index is 10.8. The van der Waals surface area contributed by atoms with Gasteiger partial charge in [0.25, 0.3) is 0 Å². The smallest absolute Gasteiger partial charge is 0.352 e. The second-order valence-corrected chi connectivity index (χ2v) is 3.43. The van der Waals surface area contributed by atoms with Gasteiger partial charge in [0.05, 0.1) is 0 Å². The topological polar surface area (TPSA) is 42.2 Å². The number of carboxylic acids is 1. The van der Waals surface area contributed by atoms with Crippen LogP contribution in [0.1, 0.15) is 23.0 Å². The van der Waals surface area contributed by atoms with E-state index in [0.29, 0.717) is 5.69 Å². The summed E-state index contributed by atoms with van der Waals surface area (Å²) in [4.78, 5) is 10.8. The second-order valence-electron chi connectivity index (χ2n) is 2.57. The minimum Gasteiger partial charge on any atom is -0.477 e. The summed E-state index contributed by atoms with van der Waals surface area (Å²) in [5, 5.41) is 8.85. The molecule has 0 saturated carbocycles. The Bertz CT molecular complexity index is 317. The molecule has 0 aliphatic rings. The van der Waals surface area contributed by atoms with Crippen LogP contribution in [0.3, 0.4) is 0 Å². The first-order valence-electron chi connectivity index (χ1n) is 3.65. The van der Waals surface area contributed by atoms with E-state index in [4.69, 9.17) is 5.11 Å². The van der Waals surface area contributed by atoms with Crippen LogP contribution in [-0.2, 0) is 13.5 Å². The Morgan fingerprint density at radius 2 is 2.33 bits per heavy atom. The molecule has 0 fully saturated rings. The number of halogens is 1. The molecular weight excluding hydrogens is 222 g/mol. The van der Waals surface area contributed by atoms with E-state index < -0.39 is 5.97 Å². The SMILES string of the molecule is CCc1c(Br)cn(C)c1C(=O)O. The Labute approximate surface area is 79.1 Å². The van der Waals surface area contributed by atoms with Gasteiger partial charge in [0, 0.05) is 17.7 Å². The average Bonchev–Trinajstić information content (AvgIpc) is 2.24. The molecule has 66 valence electrons. The molecule has 0 radical (unpaired) electrons. The minimum atomic E-state index is -0.875. The van der Waals surface area contributed by atoms with E-state index in [1.165, 1.54) is 0 Å². The van der Waals surface area contributed by atoms with Gasteiger partial charge in [-0.15, -0.1) is 0 Å². The van der Waals surface area contributed by atoms with Crippen molar-refractivity contribution in [3.8, 4) is 0 Å². The largest absolute Gasteiger partial charge is 0.477 e. The lowest BCUT2D eigenvalue weighted by atomic mass is 10.2. The van der Waals surface area contributed by atoms with E-state index in [-0.39, 0.29) is 0 Å². The Morgan fingerprint density at radius 3 is 2.67 bits per heavy atom. The van der Waals surface area contributed by atoms with Crippen LogP contribution in [0.5, 0.6) is 0 Å². The number of rotatable bonds is 2. The van der Waals surface area contributed by atoms with Crippen LogP contribution in [0.15, 0.2) is 10.7 Å². The maximum Gasteiger partial charge on any atom is 0.352 e. The van der Waals surface area contributed by atoms with Gasteiger partial charge in [-0.25, -0.2) is 4.79 Å². The van der Waals surface area contributed by atoms with Crippen LogP contribution in [-0.4, -0.2) is 15.6 Å². The van der Waals surface area contributed by atoms with E-state index in [0.717, 1.165) is 16.5 Å². The van der Waals surface area contributed by atoms with Crippen LogP contribution in [0.25, 0.3) is 0 Å². The highest BCUT2D eigenvalue weighted by molar-refractivity contribution is 9.10. The normalized spacial score (nSPS) is 10.2. The second kappa shape index (κ2) is 3.31. The number of aromatic nitrogens is 1. The first kappa shape index (κ1) is 9.32. The van der Waals surface area contributed by atoms with Gasteiger partial charge in [-0.3, -0.25) is 0 Å². The first-order chi connectivity index (χ1) is 5.57. The molecule has 0 amide bonds. The molecule has 1 heterocycles. The van der Waals surface area contributed by atoms with E-state index in [9.17, 15) is 4.79 Å². The summed E-state index contributed by atoms with van der Waals surface area (Å²) in [5.74, 6) is -0.875. The average molecular weight is 232 g/mol. The van der Waals surface area contributed by atoms with Gasteiger partial charge in [-0.05, 0) is 27.9 Å². The third-order valence-corrected chi connectivity index (χ3v) is 2.47. The summed E-state index contributed by atoms with van der Waals surface area (Å²) < 4.78 is 2.48.